The SMILES string of the molecule is c1ccc(-c2ncc(CNC34CC5CC(CC(C5)C3)C4)cn2)cc1. The summed E-state index contributed by atoms with van der Waals surface area (Å²) in [7, 11) is 0. The van der Waals surface area contributed by atoms with E-state index < -0.39 is 0 Å². The van der Waals surface area contributed by atoms with E-state index in [2.05, 4.69) is 27.4 Å². The van der Waals surface area contributed by atoms with E-state index in [4.69, 9.17) is 0 Å². The van der Waals surface area contributed by atoms with Gasteiger partial charge in [-0.2, -0.15) is 0 Å². The molecule has 1 aromatic carbocycles. The molecule has 124 valence electrons. The first kappa shape index (κ1) is 14.6. The zero-order valence-electron chi connectivity index (χ0n) is 14.1. The van der Waals surface area contributed by atoms with Gasteiger partial charge in [-0.1, -0.05) is 30.3 Å². The number of hydrogen-bond acceptors (Lipinski definition) is 3. The van der Waals surface area contributed by atoms with Crippen LogP contribution in [0.2, 0.25) is 0 Å². The number of aromatic nitrogens is 2. The van der Waals surface area contributed by atoms with Gasteiger partial charge in [-0.05, 0) is 56.3 Å². The third kappa shape index (κ3) is 2.65. The van der Waals surface area contributed by atoms with Gasteiger partial charge in [-0.15, -0.1) is 0 Å². The van der Waals surface area contributed by atoms with Crippen molar-refractivity contribution in [3.63, 3.8) is 0 Å². The van der Waals surface area contributed by atoms with Crippen LogP contribution >= 0.6 is 0 Å². The van der Waals surface area contributed by atoms with Crippen molar-refractivity contribution in [1.29, 1.82) is 0 Å². The molecule has 4 aliphatic carbocycles. The molecule has 0 radical (unpaired) electrons. The van der Waals surface area contributed by atoms with E-state index in [-0.39, 0.29) is 0 Å². The van der Waals surface area contributed by atoms with E-state index in [1.165, 1.54) is 44.1 Å². The predicted molar refractivity (Wildman–Crippen MR) is 95.2 cm³/mol. The fourth-order valence-electron chi connectivity index (χ4n) is 5.80. The minimum atomic E-state index is 0.410. The minimum absolute atomic E-state index is 0.410. The van der Waals surface area contributed by atoms with Gasteiger partial charge < -0.3 is 5.32 Å². The number of hydrogen-bond donors (Lipinski definition) is 1. The lowest BCUT2D eigenvalue weighted by molar-refractivity contribution is -0.0206. The molecule has 0 unspecified atom stereocenters. The highest BCUT2D eigenvalue weighted by Crippen LogP contribution is 2.55. The Morgan fingerprint density at radius 2 is 1.46 bits per heavy atom. The molecular weight excluding hydrogens is 294 g/mol. The van der Waals surface area contributed by atoms with Crippen LogP contribution in [0.5, 0.6) is 0 Å². The summed E-state index contributed by atoms with van der Waals surface area (Å²) in [6.45, 7) is 0.904. The summed E-state index contributed by atoms with van der Waals surface area (Å²) in [5.41, 5.74) is 2.69. The lowest BCUT2D eigenvalue weighted by atomic mass is 9.53. The highest BCUT2D eigenvalue weighted by atomic mass is 15.0. The van der Waals surface area contributed by atoms with Crippen molar-refractivity contribution in [2.75, 3.05) is 0 Å². The summed E-state index contributed by atoms with van der Waals surface area (Å²) in [6.07, 6.45) is 12.6. The molecule has 3 heteroatoms. The number of nitrogens with one attached hydrogen (secondary N) is 1. The normalized spacial score (nSPS) is 33.8. The Morgan fingerprint density at radius 3 is 2.04 bits per heavy atom. The van der Waals surface area contributed by atoms with Gasteiger partial charge in [0.1, 0.15) is 0 Å². The molecule has 1 N–H and O–H groups in total. The lowest BCUT2D eigenvalue weighted by Gasteiger charge is -2.57. The second-order valence-electron chi connectivity index (χ2n) is 8.33. The van der Waals surface area contributed by atoms with E-state index >= 15 is 0 Å². The summed E-state index contributed by atoms with van der Waals surface area (Å²) < 4.78 is 0. The Hall–Kier alpha value is -1.74. The molecular formula is C21H25N3. The molecule has 6 rings (SSSR count). The van der Waals surface area contributed by atoms with Crippen molar-refractivity contribution in [2.24, 2.45) is 17.8 Å². The molecule has 24 heavy (non-hydrogen) atoms. The Morgan fingerprint density at radius 1 is 0.875 bits per heavy atom. The van der Waals surface area contributed by atoms with Crippen molar-refractivity contribution in [3.8, 4) is 11.4 Å². The third-order valence-electron chi connectivity index (χ3n) is 6.44. The molecule has 3 nitrogen and oxygen atoms in total. The fourth-order valence-corrected chi connectivity index (χ4v) is 5.80. The average molecular weight is 319 g/mol. The molecule has 2 aromatic rings. The van der Waals surface area contributed by atoms with Crippen molar-refractivity contribution in [3.05, 3.63) is 48.3 Å². The molecule has 0 amide bonds. The standard InChI is InChI=1S/C21H25N3/c1-2-4-19(5-3-1)20-22-12-18(13-23-20)14-24-21-9-15-6-16(10-21)8-17(7-15)11-21/h1-5,12-13,15-17,24H,6-11,14H2. The van der Waals surface area contributed by atoms with E-state index in [1.54, 1.807) is 0 Å². The Labute approximate surface area is 143 Å². The lowest BCUT2D eigenvalue weighted by Crippen LogP contribution is -2.58. The minimum Gasteiger partial charge on any atom is -0.307 e. The molecule has 0 spiro atoms. The van der Waals surface area contributed by atoms with E-state index in [0.29, 0.717) is 5.54 Å². The van der Waals surface area contributed by atoms with E-state index in [0.717, 1.165) is 35.7 Å². The summed E-state index contributed by atoms with van der Waals surface area (Å²) in [4.78, 5) is 9.13. The van der Waals surface area contributed by atoms with Crippen molar-refractivity contribution in [1.82, 2.24) is 15.3 Å². The van der Waals surface area contributed by atoms with Gasteiger partial charge in [0.15, 0.2) is 5.82 Å². The van der Waals surface area contributed by atoms with Gasteiger partial charge in [-0.3, -0.25) is 0 Å². The van der Waals surface area contributed by atoms with Crippen LogP contribution in [-0.2, 0) is 6.54 Å². The van der Waals surface area contributed by atoms with Gasteiger partial charge in [0, 0.05) is 35.6 Å². The number of benzene rings is 1. The quantitative estimate of drug-likeness (QED) is 0.917. The topological polar surface area (TPSA) is 37.8 Å². The first-order chi connectivity index (χ1) is 11.8. The van der Waals surface area contributed by atoms with Gasteiger partial charge in [0.2, 0.25) is 0 Å². The molecule has 1 heterocycles. The molecule has 0 saturated heterocycles. The zero-order valence-corrected chi connectivity index (χ0v) is 14.1. The van der Waals surface area contributed by atoms with Crippen LogP contribution in [-0.4, -0.2) is 15.5 Å². The molecule has 4 saturated carbocycles. The van der Waals surface area contributed by atoms with Crippen LogP contribution < -0.4 is 5.32 Å². The van der Waals surface area contributed by atoms with Crippen molar-refractivity contribution >= 4 is 0 Å². The highest BCUT2D eigenvalue weighted by molar-refractivity contribution is 5.53. The predicted octanol–water partition coefficient (Wildman–Crippen LogP) is 4.20. The maximum atomic E-state index is 4.56. The molecule has 4 bridgehead atoms. The van der Waals surface area contributed by atoms with Gasteiger partial charge in [-0.25, -0.2) is 9.97 Å². The van der Waals surface area contributed by atoms with Crippen LogP contribution in [0.25, 0.3) is 11.4 Å². The number of nitrogens with zero attached hydrogens (tertiary/aromatic N) is 2. The Kier molecular flexibility index (Phi) is 3.44. The van der Waals surface area contributed by atoms with Crippen molar-refractivity contribution < 1.29 is 0 Å². The second-order valence-corrected chi connectivity index (χ2v) is 8.33. The maximum absolute atomic E-state index is 4.56. The molecule has 4 fully saturated rings. The molecule has 0 aliphatic heterocycles. The first-order valence-electron chi connectivity index (χ1n) is 9.39. The van der Waals surface area contributed by atoms with Gasteiger partial charge >= 0.3 is 0 Å². The summed E-state index contributed by atoms with van der Waals surface area (Å²) in [6, 6.07) is 10.2. The smallest absolute Gasteiger partial charge is 0.159 e. The van der Waals surface area contributed by atoms with Crippen molar-refractivity contribution in [2.45, 2.75) is 50.6 Å². The first-order valence-corrected chi connectivity index (χ1v) is 9.39. The van der Waals surface area contributed by atoms with Crippen LogP contribution in [0, 0.1) is 17.8 Å². The number of rotatable bonds is 4. The summed E-state index contributed by atoms with van der Waals surface area (Å²) >= 11 is 0. The zero-order chi connectivity index (χ0) is 16.0. The molecule has 1 aromatic heterocycles. The molecule has 4 aliphatic rings. The van der Waals surface area contributed by atoms with Crippen LogP contribution in [0.3, 0.4) is 0 Å². The summed E-state index contributed by atoms with van der Waals surface area (Å²) in [5, 5.41) is 3.92. The fraction of sp³-hybridized carbons (Fsp3) is 0.524. The monoisotopic (exact) mass is 319 g/mol. The highest BCUT2D eigenvalue weighted by Gasteiger charge is 2.50. The van der Waals surface area contributed by atoms with E-state index in [1.807, 2.05) is 30.6 Å². The average Bonchev–Trinajstić information content (AvgIpc) is 2.60. The largest absolute Gasteiger partial charge is 0.307 e. The van der Waals surface area contributed by atoms with Crippen LogP contribution in [0.1, 0.15) is 44.1 Å². The van der Waals surface area contributed by atoms with Gasteiger partial charge in [0.25, 0.3) is 0 Å². The van der Waals surface area contributed by atoms with E-state index in [9.17, 15) is 0 Å². The maximum Gasteiger partial charge on any atom is 0.159 e. The van der Waals surface area contributed by atoms with Crippen LogP contribution in [0.15, 0.2) is 42.7 Å². The summed E-state index contributed by atoms with van der Waals surface area (Å²) in [5.74, 6) is 3.77. The Balaban J connectivity index is 1.27. The third-order valence-corrected chi connectivity index (χ3v) is 6.44. The second kappa shape index (κ2) is 5.66. The molecule has 0 atom stereocenters. The Bertz CT molecular complexity index is 672. The van der Waals surface area contributed by atoms with Gasteiger partial charge in [0.05, 0.1) is 0 Å². The van der Waals surface area contributed by atoms with Crippen LogP contribution in [0.4, 0.5) is 0 Å².